The molecule has 1 heterocycles. The molecule has 9 nitrogen and oxygen atoms in total. The molecule has 10 heteroatoms. The van der Waals surface area contributed by atoms with Gasteiger partial charge < -0.3 is 15.2 Å². The zero-order valence-electron chi connectivity index (χ0n) is 24.9. The smallest absolute Gasteiger partial charge is 0.335 e. The fourth-order valence-electron chi connectivity index (χ4n) is 5.98. The third-order valence-electron chi connectivity index (χ3n) is 8.14. The summed E-state index contributed by atoms with van der Waals surface area (Å²) in [7, 11) is -4.18. The highest BCUT2D eigenvalue weighted by Crippen LogP contribution is 2.60. The maximum absolute atomic E-state index is 13.3. The number of aryl methyl sites for hydroxylation is 2. The SMILES string of the molecule is Cc1cccc(C)c1-c1cc(OC[C@@H](CC(C)(C)C)NC2CC3(CC3)C2)nc(NS(=O)(=O)c2cccc(C(=O)O)c2)n1. The molecule has 2 aliphatic carbocycles. The zero-order valence-corrected chi connectivity index (χ0v) is 25.7. The number of carboxylic acids is 1. The monoisotopic (exact) mass is 592 g/mol. The Morgan fingerprint density at radius 2 is 1.74 bits per heavy atom. The summed E-state index contributed by atoms with van der Waals surface area (Å²) in [5.41, 5.74) is 3.90. The summed E-state index contributed by atoms with van der Waals surface area (Å²) in [4.78, 5) is 20.2. The molecule has 1 spiro atoms. The van der Waals surface area contributed by atoms with Gasteiger partial charge in [0.15, 0.2) is 0 Å². The number of aromatic carboxylic acids is 1. The predicted molar refractivity (Wildman–Crippen MR) is 162 cm³/mol. The number of carboxylic acid groups (broad SMARTS) is 1. The molecule has 3 N–H and O–H groups in total. The van der Waals surface area contributed by atoms with Gasteiger partial charge in [0.1, 0.15) is 6.61 Å². The van der Waals surface area contributed by atoms with Crippen molar-refractivity contribution in [3.8, 4) is 17.1 Å². The minimum atomic E-state index is -4.18. The molecule has 224 valence electrons. The van der Waals surface area contributed by atoms with Crippen LogP contribution in [-0.2, 0) is 10.0 Å². The average Bonchev–Trinajstić information content (AvgIpc) is 3.67. The molecule has 2 aromatic carbocycles. The third-order valence-corrected chi connectivity index (χ3v) is 9.46. The number of hydrogen-bond donors (Lipinski definition) is 3. The highest BCUT2D eigenvalue weighted by atomic mass is 32.2. The molecule has 5 rings (SSSR count). The number of hydrogen-bond acceptors (Lipinski definition) is 7. The Morgan fingerprint density at radius 1 is 1.07 bits per heavy atom. The van der Waals surface area contributed by atoms with Gasteiger partial charge in [0, 0.05) is 23.7 Å². The van der Waals surface area contributed by atoms with Crippen molar-refractivity contribution in [2.75, 3.05) is 11.3 Å². The van der Waals surface area contributed by atoms with Crippen LogP contribution in [0.5, 0.6) is 5.88 Å². The van der Waals surface area contributed by atoms with Crippen LogP contribution in [0.1, 0.15) is 74.4 Å². The van der Waals surface area contributed by atoms with Crippen LogP contribution < -0.4 is 14.8 Å². The molecule has 1 atom stereocenters. The number of nitrogens with zero attached hydrogens (tertiary/aromatic N) is 2. The van der Waals surface area contributed by atoms with E-state index >= 15 is 0 Å². The average molecular weight is 593 g/mol. The van der Waals surface area contributed by atoms with Gasteiger partial charge in [0.25, 0.3) is 10.0 Å². The van der Waals surface area contributed by atoms with E-state index in [1.54, 1.807) is 6.07 Å². The van der Waals surface area contributed by atoms with Crippen LogP contribution in [0, 0.1) is 24.7 Å². The molecule has 0 aliphatic heterocycles. The molecule has 0 saturated heterocycles. The number of carbonyl (C=O) groups is 1. The lowest BCUT2D eigenvalue weighted by atomic mass is 9.76. The number of benzene rings is 2. The molecule has 0 bridgehead atoms. The van der Waals surface area contributed by atoms with Crippen molar-refractivity contribution in [1.82, 2.24) is 15.3 Å². The summed E-state index contributed by atoms with van der Waals surface area (Å²) in [6.07, 6.45) is 6.02. The van der Waals surface area contributed by atoms with Crippen LogP contribution in [0.4, 0.5) is 5.95 Å². The normalized spacial score (nSPS) is 17.0. The number of anilines is 1. The quantitative estimate of drug-likeness (QED) is 0.248. The van der Waals surface area contributed by atoms with Crippen LogP contribution in [0.15, 0.2) is 53.4 Å². The molecule has 0 radical (unpaired) electrons. The van der Waals surface area contributed by atoms with Gasteiger partial charge in [-0.15, -0.1) is 0 Å². The van der Waals surface area contributed by atoms with Gasteiger partial charge in [-0.1, -0.05) is 45.0 Å². The van der Waals surface area contributed by atoms with E-state index in [0.29, 0.717) is 23.8 Å². The van der Waals surface area contributed by atoms with Crippen molar-refractivity contribution in [1.29, 1.82) is 0 Å². The highest BCUT2D eigenvalue weighted by Gasteiger charge is 2.53. The van der Waals surface area contributed by atoms with Gasteiger partial charge in [-0.3, -0.25) is 0 Å². The van der Waals surface area contributed by atoms with Crippen LogP contribution in [0.3, 0.4) is 0 Å². The second-order valence-electron chi connectivity index (χ2n) is 13.2. The molecular weight excluding hydrogens is 552 g/mol. The van der Waals surface area contributed by atoms with Gasteiger partial charge in [-0.25, -0.2) is 22.9 Å². The molecule has 0 amide bonds. The zero-order chi connectivity index (χ0) is 30.3. The molecule has 2 aliphatic rings. The largest absolute Gasteiger partial charge is 0.478 e. The minimum absolute atomic E-state index is 0.0857. The minimum Gasteiger partial charge on any atom is -0.478 e. The summed E-state index contributed by atoms with van der Waals surface area (Å²) in [6.45, 7) is 10.9. The number of ether oxygens (including phenoxy) is 1. The molecular formula is C32H40N4O5S. The van der Waals surface area contributed by atoms with Crippen LogP contribution >= 0.6 is 0 Å². The summed E-state index contributed by atoms with van der Waals surface area (Å²) in [6, 6.07) is 13.4. The Bertz CT molecular complexity index is 1570. The molecule has 2 saturated carbocycles. The van der Waals surface area contributed by atoms with Crippen molar-refractivity contribution in [2.24, 2.45) is 10.8 Å². The van der Waals surface area contributed by atoms with Crippen molar-refractivity contribution >= 4 is 21.9 Å². The lowest BCUT2D eigenvalue weighted by Gasteiger charge is -2.40. The fourth-order valence-corrected chi connectivity index (χ4v) is 6.97. The number of sulfonamides is 1. The summed E-state index contributed by atoms with van der Waals surface area (Å²) >= 11 is 0. The van der Waals surface area contributed by atoms with Gasteiger partial charge in [-0.05, 0) is 86.1 Å². The van der Waals surface area contributed by atoms with E-state index in [2.05, 4.69) is 40.8 Å². The standard InChI is InChI=1S/C32H40N4O5S/c1-20-8-6-9-21(2)28(20)26-15-27(41-19-24(16-31(3,4)5)33-23-17-32(18-23)12-13-32)35-30(34-26)36-42(39,40)25-11-7-10-22(14-25)29(37)38/h6-11,14-15,23-24,33H,12-13,16-19H2,1-5H3,(H,37,38)(H,34,35,36)/t24-/m1/s1. The number of nitrogens with one attached hydrogen (secondary N) is 2. The number of aromatic nitrogens is 2. The maximum Gasteiger partial charge on any atom is 0.335 e. The van der Waals surface area contributed by atoms with Crippen LogP contribution in [-0.4, -0.2) is 48.2 Å². The van der Waals surface area contributed by atoms with Crippen molar-refractivity contribution in [3.63, 3.8) is 0 Å². The first-order valence-electron chi connectivity index (χ1n) is 14.4. The van der Waals surface area contributed by atoms with Gasteiger partial charge in [-0.2, -0.15) is 4.98 Å². The summed E-state index contributed by atoms with van der Waals surface area (Å²) in [5.74, 6) is -1.11. The van der Waals surface area contributed by atoms with E-state index in [1.807, 2.05) is 32.0 Å². The maximum atomic E-state index is 13.3. The van der Waals surface area contributed by atoms with Crippen molar-refractivity contribution in [2.45, 2.75) is 83.7 Å². The van der Waals surface area contributed by atoms with Crippen molar-refractivity contribution < 1.29 is 23.1 Å². The van der Waals surface area contributed by atoms with Crippen LogP contribution in [0.2, 0.25) is 0 Å². The summed E-state index contributed by atoms with van der Waals surface area (Å²) < 4.78 is 35.3. The van der Waals surface area contributed by atoms with Crippen molar-refractivity contribution in [3.05, 3.63) is 65.2 Å². The first-order chi connectivity index (χ1) is 19.7. The second kappa shape index (κ2) is 11.3. The van der Waals surface area contributed by atoms with E-state index in [1.165, 1.54) is 43.9 Å². The van der Waals surface area contributed by atoms with E-state index < -0.39 is 16.0 Å². The second-order valence-corrected chi connectivity index (χ2v) is 14.8. The van der Waals surface area contributed by atoms with E-state index in [9.17, 15) is 18.3 Å². The van der Waals surface area contributed by atoms with Crippen LogP contribution in [0.25, 0.3) is 11.3 Å². The first-order valence-corrected chi connectivity index (χ1v) is 15.9. The Kier molecular flexibility index (Phi) is 8.06. The lowest BCUT2D eigenvalue weighted by Crippen LogP contribution is -2.50. The van der Waals surface area contributed by atoms with E-state index in [-0.39, 0.29) is 33.7 Å². The lowest BCUT2D eigenvalue weighted by molar-refractivity contribution is 0.0696. The molecule has 2 fully saturated rings. The molecule has 0 unspecified atom stereocenters. The summed E-state index contributed by atoms with van der Waals surface area (Å²) in [5, 5.41) is 13.1. The Hall–Kier alpha value is -3.50. The van der Waals surface area contributed by atoms with Gasteiger partial charge >= 0.3 is 5.97 Å². The Morgan fingerprint density at radius 3 is 2.36 bits per heavy atom. The van der Waals surface area contributed by atoms with Gasteiger partial charge in [0.05, 0.1) is 16.2 Å². The molecule has 1 aromatic heterocycles. The molecule has 3 aromatic rings. The molecule has 42 heavy (non-hydrogen) atoms. The Labute approximate surface area is 248 Å². The third kappa shape index (κ3) is 7.10. The predicted octanol–water partition coefficient (Wildman–Crippen LogP) is 5.98. The van der Waals surface area contributed by atoms with E-state index in [0.717, 1.165) is 29.2 Å². The first kappa shape index (κ1) is 30.0. The highest BCUT2D eigenvalue weighted by molar-refractivity contribution is 7.92. The topological polar surface area (TPSA) is 131 Å². The van der Waals surface area contributed by atoms with Gasteiger partial charge in [0.2, 0.25) is 11.8 Å². The fraction of sp³-hybridized carbons (Fsp3) is 0.469. The van der Waals surface area contributed by atoms with E-state index in [4.69, 9.17) is 4.74 Å². The Balaban J connectivity index is 1.43. The number of rotatable bonds is 11.